The maximum Gasteiger partial charge on any atom is 0.194 e. The van der Waals surface area contributed by atoms with E-state index in [0.717, 1.165) is 0 Å². The molecule has 0 aliphatic rings. The number of hydrogen-bond donors (Lipinski definition) is 0. The topological polar surface area (TPSA) is 47.9 Å². The predicted molar refractivity (Wildman–Crippen MR) is 56.4 cm³/mol. The van der Waals surface area contributed by atoms with E-state index in [1.807, 2.05) is 0 Å². The van der Waals surface area contributed by atoms with Crippen LogP contribution in [-0.2, 0) is 0 Å². The molecule has 2 rings (SSSR count). The first-order chi connectivity index (χ1) is 7.25. The largest absolute Gasteiger partial charge is 0.452 e. The van der Waals surface area contributed by atoms with E-state index < -0.39 is 0 Å². The van der Waals surface area contributed by atoms with Gasteiger partial charge in [-0.05, 0) is 12.1 Å². The van der Waals surface area contributed by atoms with E-state index in [9.17, 15) is 0 Å². The third kappa shape index (κ3) is 2.55. The molecule has 4 nitrogen and oxygen atoms in total. The second-order valence-corrected chi connectivity index (χ2v) is 3.36. The van der Waals surface area contributed by atoms with Crippen molar-refractivity contribution in [2.24, 2.45) is 0 Å². The Morgan fingerprint density at radius 1 is 1.20 bits per heavy atom. The molecule has 76 valence electrons. The highest BCUT2D eigenvalue weighted by atomic mass is 35.5. The zero-order chi connectivity index (χ0) is 10.7. The molecule has 0 radical (unpaired) electrons. The lowest BCUT2D eigenvalue weighted by atomic mass is 10.4. The van der Waals surface area contributed by atoms with Gasteiger partial charge in [0.05, 0.1) is 6.20 Å². The van der Waals surface area contributed by atoms with E-state index in [0.29, 0.717) is 11.5 Å². The van der Waals surface area contributed by atoms with E-state index in [-0.39, 0.29) is 10.3 Å². The fourth-order valence-corrected chi connectivity index (χ4v) is 1.21. The Hall–Kier alpha value is -1.39. The van der Waals surface area contributed by atoms with Crippen LogP contribution in [0.1, 0.15) is 0 Å². The molecular weight excluding hydrogens is 237 g/mol. The molecule has 2 heterocycles. The fraction of sp³-hybridized carbons (Fsp3) is 0. The van der Waals surface area contributed by atoms with Crippen molar-refractivity contribution in [2.45, 2.75) is 0 Å². The lowest BCUT2D eigenvalue weighted by Gasteiger charge is -2.05. The van der Waals surface area contributed by atoms with Gasteiger partial charge in [0.2, 0.25) is 0 Å². The highest BCUT2D eigenvalue weighted by Gasteiger charge is 2.06. The third-order valence-corrected chi connectivity index (χ3v) is 2.00. The van der Waals surface area contributed by atoms with Crippen LogP contribution in [0, 0.1) is 0 Å². The maximum absolute atomic E-state index is 5.77. The Morgan fingerprint density at radius 3 is 2.80 bits per heavy atom. The van der Waals surface area contributed by atoms with Gasteiger partial charge in [0.15, 0.2) is 16.1 Å². The van der Waals surface area contributed by atoms with Crippen LogP contribution in [0.3, 0.4) is 0 Å². The standard InChI is InChI=1S/C9H5Cl2N3O/c10-8-4-7(9(11)14-13-8)15-6-2-1-3-12-5-6/h1-5H. The SMILES string of the molecule is Clc1cc(Oc2cccnc2)c(Cl)nn1. The summed E-state index contributed by atoms with van der Waals surface area (Å²) in [6.07, 6.45) is 3.21. The molecule has 0 saturated heterocycles. The number of halogens is 2. The monoisotopic (exact) mass is 241 g/mol. The van der Waals surface area contributed by atoms with Crippen molar-refractivity contribution >= 4 is 23.2 Å². The quantitative estimate of drug-likeness (QED) is 0.812. The van der Waals surface area contributed by atoms with E-state index in [2.05, 4.69) is 15.2 Å². The number of pyridine rings is 1. The number of hydrogen-bond acceptors (Lipinski definition) is 4. The van der Waals surface area contributed by atoms with Crippen LogP contribution in [0.4, 0.5) is 0 Å². The van der Waals surface area contributed by atoms with Crippen molar-refractivity contribution in [2.75, 3.05) is 0 Å². The van der Waals surface area contributed by atoms with Gasteiger partial charge in [-0.15, -0.1) is 10.2 Å². The van der Waals surface area contributed by atoms with Crippen LogP contribution < -0.4 is 4.74 Å². The van der Waals surface area contributed by atoms with Crippen molar-refractivity contribution < 1.29 is 4.74 Å². The van der Waals surface area contributed by atoms with Crippen LogP contribution in [-0.4, -0.2) is 15.2 Å². The normalized spacial score (nSPS) is 10.0. The van der Waals surface area contributed by atoms with E-state index in [1.54, 1.807) is 24.5 Å². The number of ether oxygens (including phenoxy) is 1. The molecule has 2 aromatic rings. The zero-order valence-electron chi connectivity index (χ0n) is 7.39. The van der Waals surface area contributed by atoms with Gasteiger partial charge in [-0.25, -0.2) is 0 Å². The molecule has 0 unspecified atom stereocenters. The van der Waals surface area contributed by atoms with Crippen molar-refractivity contribution in [1.82, 2.24) is 15.2 Å². The summed E-state index contributed by atoms with van der Waals surface area (Å²) in [5.41, 5.74) is 0. The summed E-state index contributed by atoms with van der Waals surface area (Å²) in [6.45, 7) is 0. The fourth-order valence-electron chi connectivity index (χ4n) is 0.944. The van der Waals surface area contributed by atoms with Gasteiger partial charge < -0.3 is 4.74 Å². The first-order valence-corrected chi connectivity index (χ1v) is 4.78. The minimum Gasteiger partial charge on any atom is -0.452 e. The van der Waals surface area contributed by atoms with Crippen molar-refractivity contribution in [3.8, 4) is 11.5 Å². The van der Waals surface area contributed by atoms with E-state index >= 15 is 0 Å². The van der Waals surface area contributed by atoms with Gasteiger partial charge in [-0.2, -0.15) is 0 Å². The Morgan fingerprint density at radius 2 is 2.07 bits per heavy atom. The Bertz CT molecular complexity index is 464. The molecule has 6 heteroatoms. The summed E-state index contributed by atoms with van der Waals surface area (Å²) in [5.74, 6) is 0.910. The Labute approximate surface area is 95.8 Å². The highest BCUT2D eigenvalue weighted by Crippen LogP contribution is 2.28. The van der Waals surface area contributed by atoms with Crippen molar-refractivity contribution in [3.05, 3.63) is 40.9 Å². The lowest BCUT2D eigenvalue weighted by molar-refractivity contribution is 0.476. The molecule has 2 aromatic heterocycles. The molecule has 0 saturated carbocycles. The van der Waals surface area contributed by atoms with Gasteiger partial charge in [-0.3, -0.25) is 4.98 Å². The molecule has 0 aliphatic heterocycles. The highest BCUT2D eigenvalue weighted by molar-refractivity contribution is 6.32. The van der Waals surface area contributed by atoms with Crippen LogP contribution in [0.5, 0.6) is 11.5 Å². The first-order valence-electron chi connectivity index (χ1n) is 4.02. The number of nitrogens with zero attached hydrogens (tertiary/aromatic N) is 3. The maximum atomic E-state index is 5.77. The molecule has 0 amide bonds. The minimum absolute atomic E-state index is 0.156. The van der Waals surface area contributed by atoms with Gasteiger partial charge in [0.1, 0.15) is 5.75 Å². The molecule has 0 fully saturated rings. The molecule has 0 N–H and O–H groups in total. The molecular formula is C9H5Cl2N3O. The average Bonchev–Trinajstić information content (AvgIpc) is 2.25. The van der Waals surface area contributed by atoms with Crippen LogP contribution in [0.25, 0.3) is 0 Å². The van der Waals surface area contributed by atoms with E-state index in [4.69, 9.17) is 27.9 Å². The second kappa shape index (κ2) is 4.42. The van der Waals surface area contributed by atoms with Gasteiger partial charge in [0, 0.05) is 12.3 Å². The predicted octanol–water partition coefficient (Wildman–Crippen LogP) is 2.97. The third-order valence-electron chi connectivity index (χ3n) is 1.55. The zero-order valence-corrected chi connectivity index (χ0v) is 8.90. The second-order valence-electron chi connectivity index (χ2n) is 2.61. The number of rotatable bonds is 2. The minimum atomic E-state index is 0.156. The summed E-state index contributed by atoms with van der Waals surface area (Å²) >= 11 is 11.4. The molecule has 0 aliphatic carbocycles. The summed E-state index contributed by atoms with van der Waals surface area (Å²) in [6, 6.07) is 4.99. The first kappa shape index (κ1) is 10.1. The molecule has 15 heavy (non-hydrogen) atoms. The molecule has 0 spiro atoms. The molecule has 0 atom stereocenters. The average molecular weight is 242 g/mol. The van der Waals surface area contributed by atoms with Gasteiger partial charge >= 0.3 is 0 Å². The van der Waals surface area contributed by atoms with Crippen LogP contribution >= 0.6 is 23.2 Å². The van der Waals surface area contributed by atoms with Gasteiger partial charge in [-0.1, -0.05) is 23.2 Å². The summed E-state index contributed by atoms with van der Waals surface area (Å²) in [4.78, 5) is 3.90. The molecule has 0 bridgehead atoms. The van der Waals surface area contributed by atoms with Crippen molar-refractivity contribution in [1.29, 1.82) is 0 Å². The number of aromatic nitrogens is 3. The smallest absolute Gasteiger partial charge is 0.194 e. The van der Waals surface area contributed by atoms with Crippen molar-refractivity contribution in [3.63, 3.8) is 0 Å². The van der Waals surface area contributed by atoms with Crippen LogP contribution in [0.2, 0.25) is 10.3 Å². The van der Waals surface area contributed by atoms with Crippen LogP contribution in [0.15, 0.2) is 30.6 Å². The Kier molecular flexibility index (Phi) is 2.99. The molecule has 0 aromatic carbocycles. The summed E-state index contributed by atoms with van der Waals surface area (Å²) in [7, 11) is 0. The summed E-state index contributed by atoms with van der Waals surface area (Å²) in [5, 5.41) is 7.56. The van der Waals surface area contributed by atoms with E-state index in [1.165, 1.54) is 6.07 Å². The summed E-state index contributed by atoms with van der Waals surface area (Å²) < 4.78 is 5.41. The lowest BCUT2D eigenvalue weighted by Crippen LogP contribution is -1.90. The Balaban J connectivity index is 2.28. The van der Waals surface area contributed by atoms with Gasteiger partial charge in [0.25, 0.3) is 0 Å².